The zero-order chi connectivity index (χ0) is 21.3. The Morgan fingerprint density at radius 1 is 1.20 bits per heavy atom. The summed E-state index contributed by atoms with van der Waals surface area (Å²) in [6.45, 7) is 3.63. The number of carbonyl (C=O) groups excluding carboxylic acids is 2. The van der Waals surface area contributed by atoms with E-state index in [1.807, 2.05) is 26.0 Å². The van der Waals surface area contributed by atoms with Gasteiger partial charge in [-0.2, -0.15) is 5.10 Å². The number of hydrogen-bond acceptors (Lipinski definition) is 5. The van der Waals surface area contributed by atoms with Crippen molar-refractivity contribution in [3.63, 3.8) is 0 Å². The maximum atomic E-state index is 12.9. The molecule has 0 bridgehead atoms. The van der Waals surface area contributed by atoms with E-state index in [0.29, 0.717) is 27.0 Å². The zero-order valence-electron chi connectivity index (χ0n) is 16.8. The fourth-order valence-electron chi connectivity index (χ4n) is 3.52. The van der Waals surface area contributed by atoms with Crippen LogP contribution >= 0.6 is 22.9 Å². The van der Waals surface area contributed by atoms with Crippen molar-refractivity contribution in [3.05, 3.63) is 57.1 Å². The predicted octanol–water partition coefficient (Wildman–Crippen LogP) is 5.49. The Hall–Kier alpha value is -2.64. The van der Waals surface area contributed by atoms with Crippen LogP contribution in [0.25, 0.3) is 11.3 Å². The first-order valence-corrected chi connectivity index (χ1v) is 11.1. The topological polar surface area (TPSA) is 84.1 Å². The van der Waals surface area contributed by atoms with Gasteiger partial charge in [-0.05, 0) is 63.3 Å². The number of anilines is 1. The van der Waals surface area contributed by atoms with Gasteiger partial charge in [-0.3, -0.25) is 9.89 Å². The summed E-state index contributed by atoms with van der Waals surface area (Å²) in [5.74, 6) is -0.730. The van der Waals surface area contributed by atoms with Gasteiger partial charge >= 0.3 is 5.97 Å². The molecule has 1 aliphatic carbocycles. The number of thiophene rings is 1. The van der Waals surface area contributed by atoms with E-state index >= 15 is 0 Å². The molecule has 0 radical (unpaired) electrons. The van der Waals surface area contributed by atoms with E-state index in [2.05, 4.69) is 15.5 Å². The maximum absolute atomic E-state index is 12.9. The largest absolute Gasteiger partial charge is 0.459 e. The molecule has 1 amide bonds. The Bertz CT molecular complexity index is 1090. The standard InChI is InChI=1S/C22H22ClN3O3S/c1-12(2)29-22(28)19-15-5-3-4-6-18(15)30-21(19)24-20(27)17-11-16(25-26-17)13-7-9-14(23)10-8-13/h7-12H,3-6H2,1-2H3,(H,24,27)(H,25,26). The molecule has 1 aliphatic rings. The lowest BCUT2D eigenvalue weighted by molar-refractivity contribution is 0.0378. The summed E-state index contributed by atoms with van der Waals surface area (Å²) in [5.41, 5.74) is 3.31. The normalized spacial score (nSPS) is 13.2. The number of amides is 1. The second-order valence-electron chi connectivity index (χ2n) is 7.50. The molecular formula is C22H22ClN3O3S. The van der Waals surface area contributed by atoms with Gasteiger partial charge < -0.3 is 10.1 Å². The van der Waals surface area contributed by atoms with Crippen molar-refractivity contribution in [2.45, 2.75) is 45.6 Å². The van der Waals surface area contributed by atoms with Crippen LogP contribution < -0.4 is 5.32 Å². The number of nitrogens with one attached hydrogen (secondary N) is 2. The number of ether oxygens (including phenoxy) is 1. The number of benzene rings is 1. The van der Waals surface area contributed by atoms with Crippen molar-refractivity contribution in [3.8, 4) is 11.3 Å². The number of H-pyrrole nitrogens is 1. The Kier molecular flexibility index (Phi) is 5.92. The third-order valence-corrected chi connectivity index (χ3v) is 6.37. The SMILES string of the molecule is CC(C)OC(=O)c1c(NC(=O)c2cc(-c3ccc(Cl)cc3)n[nH]2)sc2c1CCCC2. The summed E-state index contributed by atoms with van der Waals surface area (Å²) in [6.07, 6.45) is 3.64. The fraction of sp³-hybridized carbons (Fsp3) is 0.318. The third-order valence-electron chi connectivity index (χ3n) is 4.91. The maximum Gasteiger partial charge on any atom is 0.341 e. The van der Waals surface area contributed by atoms with E-state index in [4.69, 9.17) is 16.3 Å². The van der Waals surface area contributed by atoms with Gasteiger partial charge in [-0.25, -0.2) is 4.79 Å². The van der Waals surface area contributed by atoms with Crippen molar-refractivity contribution in [1.29, 1.82) is 0 Å². The predicted molar refractivity (Wildman–Crippen MR) is 118 cm³/mol. The number of nitrogens with zero attached hydrogens (tertiary/aromatic N) is 1. The average Bonchev–Trinajstić information content (AvgIpc) is 3.32. The van der Waals surface area contributed by atoms with Crippen LogP contribution in [0.3, 0.4) is 0 Å². The summed E-state index contributed by atoms with van der Waals surface area (Å²) < 4.78 is 5.45. The smallest absolute Gasteiger partial charge is 0.341 e. The summed E-state index contributed by atoms with van der Waals surface area (Å²) in [5, 5.41) is 11.1. The van der Waals surface area contributed by atoms with E-state index in [0.717, 1.165) is 41.7 Å². The van der Waals surface area contributed by atoms with Crippen LogP contribution in [0, 0.1) is 0 Å². The number of esters is 1. The molecule has 4 rings (SSSR count). The van der Waals surface area contributed by atoms with E-state index in [1.54, 1.807) is 18.2 Å². The summed E-state index contributed by atoms with van der Waals surface area (Å²) in [6, 6.07) is 8.90. The Labute approximate surface area is 183 Å². The van der Waals surface area contributed by atoms with Crippen LogP contribution in [0.1, 0.15) is 58.0 Å². The molecule has 8 heteroatoms. The van der Waals surface area contributed by atoms with Crippen molar-refractivity contribution in [2.75, 3.05) is 5.32 Å². The number of carbonyl (C=O) groups is 2. The molecule has 1 aromatic carbocycles. The molecule has 3 aromatic rings. The van der Waals surface area contributed by atoms with Crippen molar-refractivity contribution < 1.29 is 14.3 Å². The number of hydrogen-bond donors (Lipinski definition) is 2. The van der Waals surface area contributed by atoms with E-state index < -0.39 is 0 Å². The second-order valence-corrected chi connectivity index (χ2v) is 9.04. The van der Waals surface area contributed by atoms with Gasteiger partial charge in [0.05, 0.1) is 17.4 Å². The molecule has 6 nitrogen and oxygen atoms in total. The quantitative estimate of drug-likeness (QED) is 0.511. The Morgan fingerprint density at radius 3 is 2.67 bits per heavy atom. The first-order chi connectivity index (χ1) is 14.4. The molecule has 0 fully saturated rings. The number of aromatic amines is 1. The molecule has 0 atom stereocenters. The highest BCUT2D eigenvalue weighted by molar-refractivity contribution is 7.17. The van der Waals surface area contributed by atoms with E-state index in [-0.39, 0.29) is 18.0 Å². The fourth-order valence-corrected chi connectivity index (χ4v) is 4.92. The minimum absolute atomic E-state index is 0.227. The molecule has 2 aromatic heterocycles. The zero-order valence-corrected chi connectivity index (χ0v) is 18.3. The van der Waals surface area contributed by atoms with Crippen LogP contribution in [-0.4, -0.2) is 28.2 Å². The van der Waals surface area contributed by atoms with Gasteiger partial charge in [-0.15, -0.1) is 11.3 Å². The highest BCUT2D eigenvalue weighted by Crippen LogP contribution is 2.39. The minimum atomic E-state index is -0.383. The van der Waals surface area contributed by atoms with Crippen molar-refractivity contribution >= 4 is 39.8 Å². The third kappa shape index (κ3) is 4.27. The van der Waals surface area contributed by atoms with E-state index in [9.17, 15) is 9.59 Å². The lowest BCUT2D eigenvalue weighted by atomic mass is 9.95. The molecule has 0 spiro atoms. The number of fused-ring (bicyclic) bond motifs is 1. The molecule has 0 saturated carbocycles. The van der Waals surface area contributed by atoms with Crippen LogP contribution in [0.5, 0.6) is 0 Å². The monoisotopic (exact) mass is 443 g/mol. The lowest BCUT2D eigenvalue weighted by Gasteiger charge is -2.14. The second kappa shape index (κ2) is 8.62. The lowest BCUT2D eigenvalue weighted by Crippen LogP contribution is -2.18. The number of rotatable bonds is 5. The van der Waals surface area contributed by atoms with Crippen molar-refractivity contribution in [1.82, 2.24) is 10.2 Å². The molecule has 0 aliphatic heterocycles. The molecular weight excluding hydrogens is 422 g/mol. The first-order valence-electron chi connectivity index (χ1n) is 9.90. The molecule has 30 heavy (non-hydrogen) atoms. The van der Waals surface area contributed by atoms with E-state index in [1.165, 1.54) is 11.3 Å². The van der Waals surface area contributed by atoms with Gasteiger partial charge in [0.25, 0.3) is 5.91 Å². The average molecular weight is 444 g/mol. The van der Waals surface area contributed by atoms with Gasteiger partial charge in [0.1, 0.15) is 10.7 Å². The first kappa shape index (κ1) is 20.6. The van der Waals surface area contributed by atoms with Gasteiger partial charge in [0.2, 0.25) is 0 Å². The highest BCUT2D eigenvalue weighted by atomic mass is 35.5. The van der Waals surface area contributed by atoms with Crippen LogP contribution in [-0.2, 0) is 17.6 Å². The number of aromatic nitrogens is 2. The van der Waals surface area contributed by atoms with Crippen molar-refractivity contribution in [2.24, 2.45) is 0 Å². The summed E-state index contributed by atoms with van der Waals surface area (Å²) in [4.78, 5) is 26.8. The summed E-state index contributed by atoms with van der Waals surface area (Å²) >= 11 is 7.39. The van der Waals surface area contributed by atoms with Gasteiger partial charge in [-0.1, -0.05) is 23.7 Å². The van der Waals surface area contributed by atoms with Crippen LogP contribution in [0.4, 0.5) is 5.00 Å². The highest BCUT2D eigenvalue weighted by Gasteiger charge is 2.28. The molecule has 156 valence electrons. The Morgan fingerprint density at radius 2 is 1.93 bits per heavy atom. The molecule has 0 unspecified atom stereocenters. The molecule has 2 heterocycles. The Balaban J connectivity index is 1.59. The molecule has 2 N–H and O–H groups in total. The molecule has 0 saturated heterocycles. The van der Waals surface area contributed by atoms with Gasteiger partial charge in [0.15, 0.2) is 0 Å². The van der Waals surface area contributed by atoms with Gasteiger partial charge in [0, 0.05) is 15.5 Å². The number of halogens is 1. The minimum Gasteiger partial charge on any atom is -0.459 e. The number of aryl methyl sites for hydroxylation is 1. The van der Waals surface area contributed by atoms with Crippen LogP contribution in [0.2, 0.25) is 5.02 Å². The summed E-state index contributed by atoms with van der Waals surface area (Å²) in [7, 11) is 0. The van der Waals surface area contributed by atoms with Crippen LogP contribution in [0.15, 0.2) is 30.3 Å².